The summed E-state index contributed by atoms with van der Waals surface area (Å²) in [6.07, 6.45) is 6.05. The molecule has 0 aliphatic heterocycles. The minimum Gasteiger partial charge on any atom is -0.494 e. The summed E-state index contributed by atoms with van der Waals surface area (Å²) in [7, 11) is 0. The zero-order chi connectivity index (χ0) is 19.1. The number of benzene rings is 2. The lowest BCUT2D eigenvalue weighted by molar-refractivity contribution is 0.0992. The number of carbonyl (C=O) groups excluding carboxylic acids is 1. The molecule has 3 aromatic rings. The van der Waals surface area contributed by atoms with E-state index >= 15 is 0 Å². The summed E-state index contributed by atoms with van der Waals surface area (Å²) in [5.41, 5.74) is 2.52. The van der Waals surface area contributed by atoms with Crippen molar-refractivity contribution in [1.29, 1.82) is 0 Å². The maximum Gasteiger partial charge on any atom is 0.168 e. The molecule has 0 aliphatic carbocycles. The number of aromatic nitrogens is 2. The molecule has 0 N–H and O–H groups in total. The first-order valence-electron chi connectivity index (χ1n) is 9.15. The SMILES string of the molecule is CCCCOc1ccc(C(=O)Cc2cn(Cc3cccc(Cl)c3)cn2)cc1. The highest BCUT2D eigenvalue weighted by Crippen LogP contribution is 2.15. The van der Waals surface area contributed by atoms with E-state index in [2.05, 4.69) is 11.9 Å². The molecule has 0 spiro atoms. The molecule has 0 saturated heterocycles. The summed E-state index contributed by atoms with van der Waals surface area (Å²) in [4.78, 5) is 16.8. The van der Waals surface area contributed by atoms with Crippen molar-refractivity contribution in [3.05, 3.63) is 82.9 Å². The van der Waals surface area contributed by atoms with Crippen LogP contribution in [-0.2, 0) is 13.0 Å². The van der Waals surface area contributed by atoms with Gasteiger partial charge in [-0.05, 0) is 48.4 Å². The van der Waals surface area contributed by atoms with Gasteiger partial charge >= 0.3 is 0 Å². The van der Waals surface area contributed by atoms with Crippen molar-refractivity contribution in [2.75, 3.05) is 6.61 Å². The maximum atomic E-state index is 12.5. The van der Waals surface area contributed by atoms with Gasteiger partial charge in [0.1, 0.15) is 5.75 Å². The monoisotopic (exact) mass is 382 g/mol. The first kappa shape index (κ1) is 19.2. The number of carbonyl (C=O) groups is 1. The first-order chi connectivity index (χ1) is 13.1. The molecule has 0 unspecified atom stereocenters. The van der Waals surface area contributed by atoms with E-state index in [1.807, 2.05) is 59.3 Å². The second-order valence-electron chi connectivity index (χ2n) is 6.49. The van der Waals surface area contributed by atoms with E-state index in [4.69, 9.17) is 16.3 Å². The second-order valence-corrected chi connectivity index (χ2v) is 6.93. The molecule has 27 heavy (non-hydrogen) atoms. The Labute approximate surface area is 164 Å². The Hall–Kier alpha value is -2.59. The molecule has 0 aliphatic rings. The molecule has 0 bridgehead atoms. The van der Waals surface area contributed by atoms with Gasteiger partial charge in [-0.15, -0.1) is 0 Å². The standard InChI is InChI=1S/C22H23ClN2O2/c1-2-3-11-27-21-9-7-18(8-10-21)22(26)13-20-15-25(16-24-20)14-17-5-4-6-19(23)12-17/h4-10,12,15-16H,2-3,11,13-14H2,1H3. The Bertz CT molecular complexity index is 887. The van der Waals surface area contributed by atoms with Gasteiger partial charge in [0.25, 0.3) is 0 Å². The Balaban J connectivity index is 1.57. The number of ether oxygens (including phenoxy) is 1. The van der Waals surface area contributed by atoms with Gasteiger partial charge in [-0.2, -0.15) is 0 Å². The molecule has 0 fully saturated rings. The Morgan fingerprint density at radius 1 is 1.19 bits per heavy atom. The number of rotatable bonds is 9. The third-order valence-electron chi connectivity index (χ3n) is 4.23. The van der Waals surface area contributed by atoms with Gasteiger partial charge in [0.2, 0.25) is 0 Å². The maximum absolute atomic E-state index is 12.5. The third kappa shape index (κ3) is 5.69. The second kappa shape index (κ2) is 9.38. The van der Waals surface area contributed by atoms with E-state index in [1.165, 1.54) is 0 Å². The number of halogens is 1. The quantitative estimate of drug-likeness (QED) is 0.378. The molecule has 2 aromatic carbocycles. The summed E-state index contributed by atoms with van der Waals surface area (Å²) < 4.78 is 7.59. The van der Waals surface area contributed by atoms with Gasteiger partial charge in [-0.25, -0.2) is 4.98 Å². The van der Waals surface area contributed by atoms with Crippen molar-refractivity contribution in [2.45, 2.75) is 32.7 Å². The number of imidazole rings is 1. The average Bonchev–Trinajstić information content (AvgIpc) is 3.09. The highest BCUT2D eigenvalue weighted by Gasteiger charge is 2.10. The highest BCUT2D eigenvalue weighted by atomic mass is 35.5. The molecule has 140 valence electrons. The molecule has 1 heterocycles. The molecule has 0 atom stereocenters. The number of Topliss-reactive ketones (excluding diaryl/α,β-unsaturated/α-hetero) is 1. The lowest BCUT2D eigenvalue weighted by Crippen LogP contribution is -2.04. The molecule has 0 radical (unpaired) electrons. The number of ketones is 1. The normalized spacial score (nSPS) is 10.7. The predicted octanol–water partition coefficient (Wildman–Crippen LogP) is 5.19. The molecule has 3 rings (SSSR count). The van der Waals surface area contributed by atoms with Gasteiger partial charge in [0.05, 0.1) is 25.0 Å². The van der Waals surface area contributed by atoms with Crippen LogP contribution in [0.2, 0.25) is 5.02 Å². The summed E-state index contributed by atoms with van der Waals surface area (Å²) in [5.74, 6) is 0.842. The Morgan fingerprint density at radius 3 is 2.74 bits per heavy atom. The molecule has 1 aromatic heterocycles. The van der Waals surface area contributed by atoms with Crippen molar-refractivity contribution in [1.82, 2.24) is 9.55 Å². The third-order valence-corrected chi connectivity index (χ3v) is 4.46. The zero-order valence-electron chi connectivity index (χ0n) is 15.4. The van der Waals surface area contributed by atoms with Gasteiger partial charge in [0, 0.05) is 23.3 Å². The van der Waals surface area contributed by atoms with E-state index in [0.29, 0.717) is 23.7 Å². The van der Waals surface area contributed by atoms with Crippen LogP contribution < -0.4 is 4.74 Å². The van der Waals surface area contributed by atoms with E-state index in [0.717, 1.165) is 29.8 Å². The largest absolute Gasteiger partial charge is 0.494 e. The average molecular weight is 383 g/mol. The van der Waals surface area contributed by atoms with E-state index in [1.54, 1.807) is 6.33 Å². The van der Waals surface area contributed by atoms with Crippen molar-refractivity contribution in [3.8, 4) is 5.75 Å². The van der Waals surface area contributed by atoms with Crippen LogP contribution in [0.15, 0.2) is 61.1 Å². The minimum atomic E-state index is 0.0445. The number of hydrogen-bond acceptors (Lipinski definition) is 3. The summed E-state index contributed by atoms with van der Waals surface area (Å²) in [5, 5.41) is 0.713. The number of hydrogen-bond donors (Lipinski definition) is 0. The van der Waals surface area contributed by atoms with Crippen LogP contribution in [0.5, 0.6) is 5.75 Å². The van der Waals surface area contributed by atoms with Crippen LogP contribution in [0.3, 0.4) is 0 Å². The van der Waals surface area contributed by atoms with Gasteiger partial charge in [0.15, 0.2) is 5.78 Å². The smallest absolute Gasteiger partial charge is 0.168 e. The zero-order valence-corrected chi connectivity index (χ0v) is 16.2. The molecule has 5 heteroatoms. The van der Waals surface area contributed by atoms with Crippen molar-refractivity contribution >= 4 is 17.4 Å². The molecule has 0 saturated carbocycles. The topological polar surface area (TPSA) is 44.1 Å². The predicted molar refractivity (Wildman–Crippen MR) is 108 cm³/mol. The fraction of sp³-hybridized carbons (Fsp3) is 0.273. The molecule has 0 amide bonds. The molecular weight excluding hydrogens is 360 g/mol. The van der Waals surface area contributed by atoms with Gasteiger partial charge in [-0.1, -0.05) is 37.1 Å². The van der Waals surface area contributed by atoms with Crippen LogP contribution in [0, 0.1) is 0 Å². The van der Waals surface area contributed by atoms with Crippen molar-refractivity contribution < 1.29 is 9.53 Å². The Kier molecular flexibility index (Phi) is 6.66. The van der Waals surface area contributed by atoms with E-state index in [-0.39, 0.29) is 12.2 Å². The summed E-state index contributed by atoms with van der Waals surface area (Å²) in [6, 6.07) is 15.0. The minimum absolute atomic E-state index is 0.0445. The van der Waals surface area contributed by atoms with Crippen molar-refractivity contribution in [2.24, 2.45) is 0 Å². The lowest BCUT2D eigenvalue weighted by Gasteiger charge is -2.06. The van der Waals surface area contributed by atoms with Crippen LogP contribution in [0.4, 0.5) is 0 Å². The van der Waals surface area contributed by atoms with Crippen LogP contribution in [0.25, 0.3) is 0 Å². The Morgan fingerprint density at radius 2 is 2.00 bits per heavy atom. The first-order valence-corrected chi connectivity index (χ1v) is 9.53. The lowest BCUT2D eigenvalue weighted by atomic mass is 10.1. The van der Waals surface area contributed by atoms with Gasteiger partial charge < -0.3 is 9.30 Å². The van der Waals surface area contributed by atoms with E-state index < -0.39 is 0 Å². The number of unbranched alkanes of at least 4 members (excludes halogenated alkanes) is 1. The van der Waals surface area contributed by atoms with Crippen LogP contribution in [0.1, 0.15) is 41.4 Å². The van der Waals surface area contributed by atoms with Crippen LogP contribution in [-0.4, -0.2) is 21.9 Å². The fourth-order valence-electron chi connectivity index (χ4n) is 2.77. The fourth-order valence-corrected chi connectivity index (χ4v) is 2.98. The molecular formula is C22H23ClN2O2. The van der Waals surface area contributed by atoms with E-state index in [9.17, 15) is 4.79 Å². The van der Waals surface area contributed by atoms with Crippen molar-refractivity contribution in [3.63, 3.8) is 0 Å². The summed E-state index contributed by atoms with van der Waals surface area (Å²) in [6.45, 7) is 3.50. The van der Waals surface area contributed by atoms with Crippen LogP contribution >= 0.6 is 11.6 Å². The molecule has 4 nitrogen and oxygen atoms in total. The highest BCUT2D eigenvalue weighted by molar-refractivity contribution is 6.30. The van der Waals surface area contributed by atoms with Gasteiger partial charge in [-0.3, -0.25) is 4.79 Å². The summed E-state index contributed by atoms with van der Waals surface area (Å²) >= 11 is 6.02. The number of nitrogens with zero attached hydrogens (tertiary/aromatic N) is 2.